The molecule has 4 heteroatoms. The summed E-state index contributed by atoms with van der Waals surface area (Å²) in [6, 6.07) is 0. The molecule has 1 unspecified atom stereocenters. The van der Waals surface area contributed by atoms with Gasteiger partial charge in [-0.25, -0.2) is 4.99 Å². The molecule has 212 valence electrons. The maximum atomic E-state index is 12.2. The number of carbonyl (C=O) groups excluding carboxylic acids is 1. The number of amides is 1. The highest BCUT2D eigenvalue weighted by Gasteiger charge is 2.09. The van der Waals surface area contributed by atoms with Crippen molar-refractivity contribution in [1.82, 2.24) is 4.90 Å². The van der Waals surface area contributed by atoms with Crippen molar-refractivity contribution in [2.75, 3.05) is 13.6 Å². The van der Waals surface area contributed by atoms with Crippen LogP contribution < -0.4 is 0 Å². The van der Waals surface area contributed by atoms with Gasteiger partial charge in [0.25, 0.3) is 0 Å². The SMILES string of the molecule is C/C=C/C.C=C/C=C(\C=C/C/C=C/C(=O)N(C)CCC(CC)CCC=C)C/C=N\C(O)=C/C.CC.CC. The zero-order valence-electron chi connectivity index (χ0n) is 25.5. The quantitative estimate of drug-likeness (QED) is 0.0777. The molecule has 1 atom stereocenters. The van der Waals surface area contributed by atoms with Gasteiger partial charge in [0.05, 0.1) is 0 Å². The minimum absolute atomic E-state index is 0.00320. The first-order valence-electron chi connectivity index (χ1n) is 13.9. The van der Waals surface area contributed by atoms with Crippen molar-refractivity contribution in [3.8, 4) is 0 Å². The van der Waals surface area contributed by atoms with Crippen molar-refractivity contribution in [1.29, 1.82) is 0 Å². The van der Waals surface area contributed by atoms with Gasteiger partial charge >= 0.3 is 0 Å². The molecule has 4 nitrogen and oxygen atoms in total. The second-order valence-corrected chi connectivity index (χ2v) is 7.54. The molecule has 0 radical (unpaired) electrons. The molecule has 0 aliphatic rings. The van der Waals surface area contributed by atoms with Crippen LogP contribution in [0, 0.1) is 5.92 Å². The van der Waals surface area contributed by atoms with Crippen LogP contribution in [0.1, 0.15) is 93.9 Å². The summed E-state index contributed by atoms with van der Waals surface area (Å²) in [6.45, 7) is 24.2. The molecule has 0 saturated carbocycles. The van der Waals surface area contributed by atoms with E-state index in [-0.39, 0.29) is 11.8 Å². The number of allylic oxidation sites excluding steroid dienone is 10. The van der Waals surface area contributed by atoms with Crippen LogP contribution in [-0.2, 0) is 4.79 Å². The molecular formula is C33H58N2O2. The van der Waals surface area contributed by atoms with Crippen LogP contribution in [0.3, 0.4) is 0 Å². The first-order chi connectivity index (χ1) is 17.9. The number of likely N-dealkylation sites (N-methyl/N-ethyl adjacent to an activating group) is 1. The largest absolute Gasteiger partial charge is 0.494 e. The first-order valence-corrected chi connectivity index (χ1v) is 13.9. The molecule has 0 aromatic rings. The summed E-state index contributed by atoms with van der Waals surface area (Å²) in [5, 5.41) is 9.32. The van der Waals surface area contributed by atoms with E-state index in [4.69, 9.17) is 0 Å². The fourth-order valence-electron chi connectivity index (χ4n) is 2.65. The molecule has 37 heavy (non-hydrogen) atoms. The third kappa shape index (κ3) is 31.1. The van der Waals surface area contributed by atoms with Gasteiger partial charge in [-0.15, -0.1) is 6.58 Å². The average molecular weight is 515 g/mol. The van der Waals surface area contributed by atoms with E-state index in [1.54, 1.807) is 30.2 Å². The molecule has 1 amide bonds. The zero-order chi connectivity index (χ0) is 29.3. The average Bonchev–Trinajstić information content (AvgIpc) is 2.94. The zero-order valence-corrected chi connectivity index (χ0v) is 25.5. The van der Waals surface area contributed by atoms with Crippen LogP contribution in [0.4, 0.5) is 0 Å². The van der Waals surface area contributed by atoms with Crippen molar-refractivity contribution in [3.63, 3.8) is 0 Å². The second kappa shape index (κ2) is 35.3. The molecule has 0 aromatic heterocycles. The van der Waals surface area contributed by atoms with Crippen molar-refractivity contribution < 1.29 is 9.90 Å². The van der Waals surface area contributed by atoms with Crippen LogP contribution in [0.15, 0.2) is 90.4 Å². The van der Waals surface area contributed by atoms with Gasteiger partial charge in [-0.1, -0.05) is 96.2 Å². The highest BCUT2D eigenvalue weighted by molar-refractivity contribution is 5.87. The Hall–Kier alpha value is -2.88. The lowest BCUT2D eigenvalue weighted by Crippen LogP contribution is -2.27. The molecule has 0 aromatic carbocycles. The van der Waals surface area contributed by atoms with E-state index in [2.05, 4.69) is 25.1 Å². The van der Waals surface area contributed by atoms with Crippen molar-refractivity contribution in [2.45, 2.75) is 93.9 Å². The molecule has 0 spiro atoms. The molecule has 0 aliphatic carbocycles. The predicted molar refractivity (Wildman–Crippen MR) is 169 cm³/mol. The van der Waals surface area contributed by atoms with Crippen molar-refractivity contribution in [3.05, 3.63) is 85.4 Å². The van der Waals surface area contributed by atoms with Crippen LogP contribution >= 0.6 is 0 Å². The van der Waals surface area contributed by atoms with E-state index in [0.717, 1.165) is 37.8 Å². The van der Waals surface area contributed by atoms with Gasteiger partial charge < -0.3 is 10.0 Å². The highest BCUT2D eigenvalue weighted by atomic mass is 16.3. The lowest BCUT2D eigenvalue weighted by atomic mass is 9.96. The highest BCUT2D eigenvalue weighted by Crippen LogP contribution is 2.16. The predicted octanol–water partition coefficient (Wildman–Crippen LogP) is 9.96. The van der Waals surface area contributed by atoms with Crippen LogP contribution in [0.25, 0.3) is 0 Å². The number of carbonyl (C=O) groups is 1. The summed E-state index contributed by atoms with van der Waals surface area (Å²) in [5.41, 5.74) is 1.02. The monoisotopic (exact) mass is 514 g/mol. The van der Waals surface area contributed by atoms with E-state index in [0.29, 0.717) is 18.8 Å². The van der Waals surface area contributed by atoms with Gasteiger partial charge in [-0.2, -0.15) is 0 Å². The van der Waals surface area contributed by atoms with E-state index < -0.39 is 0 Å². The molecule has 0 heterocycles. The van der Waals surface area contributed by atoms with Crippen LogP contribution in [0.5, 0.6) is 0 Å². The Morgan fingerprint density at radius 3 is 2.08 bits per heavy atom. The van der Waals surface area contributed by atoms with Gasteiger partial charge in [-0.3, -0.25) is 4.79 Å². The van der Waals surface area contributed by atoms with Gasteiger partial charge in [0.2, 0.25) is 11.8 Å². The van der Waals surface area contributed by atoms with E-state index in [1.165, 1.54) is 6.08 Å². The molecule has 0 aliphatic heterocycles. The topological polar surface area (TPSA) is 52.9 Å². The number of aliphatic imine (C=N–C) groups is 1. The summed E-state index contributed by atoms with van der Waals surface area (Å²) in [6.07, 6.45) is 25.8. The van der Waals surface area contributed by atoms with Gasteiger partial charge in [0.1, 0.15) is 0 Å². The van der Waals surface area contributed by atoms with E-state index >= 15 is 0 Å². The van der Waals surface area contributed by atoms with Gasteiger partial charge in [0.15, 0.2) is 0 Å². The molecule has 1 N–H and O–H groups in total. The van der Waals surface area contributed by atoms with Gasteiger partial charge in [0, 0.05) is 26.2 Å². The summed E-state index contributed by atoms with van der Waals surface area (Å²) in [5.74, 6) is 0.680. The Bertz CT molecular complexity index is 706. The maximum absolute atomic E-state index is 12.2. The normalized spacial score (nSPS) is 12.4. The summed E-state index contributed by atoms with van der Waals surface area (Å²) in [7, 11) is 1.85. The lowest BCUT2D eigenvalue weighted by molar-refractivity contribution is -0.124. The van der Waals surface area contributed by atoms with Crippen molar-refractivity contribution in [2.24, 2.45) is 10.9 Å². The van der Waals surface area contributed by atoms with E-state index in [1.807, 2.05) is 91.1 Å². The third-order valence-electron chi connectivity index (χ3n) is 4.94. The Morgan fingerprint density at radius 2 is 1.59 bits per heavy atom. The number of nitrogens with zero attached hydrogens (tertiary/aromatic N) is 2. The van der Waals surface area contributed by atoms with Crippen LogP contribution in [-0.4, -0.2) is 35.7 Å². The summed E-state index contributed by atoms with van der Waals surface area (Å²) in [4.78, 5) is 17.9. The Labute approximate surface area is 230 Å². The number of hydrogen-bond acceptors (Lipinski definition) is 3. The maximum Gasteiger partial charge on any atom is 0.245 e. The van der Waals surface area contributed by atoms with Crippen LogP contribution in [0.2, 0.25) is 0 Å². The minimum Gasteiger partial charge on any atom is -0.494 e. The minimum atomic E-state index is 0.00320. The molecule has 0 fully saturated rings. The lowest BCUT2D eigenvalue weighted by Gasteiger charge is -2.19. The Balaban J connectivity index is -0.000000602. The molecule has 0 bridgehead atoms. The first kappa shape index (κ1) is 41.3. The van der Waals surface area contributed by atoms with Gasteiger partial charge in [-0.05, 0) is 70.1 Å². The third-order valence-corrected chi connectivity index (χ3v) is 4.94. The summed E-state index contributed by atoms with van der Waals surface area (Å²) >= 11 is 0. The molecular weight excluding hydrogens is 456 g/mol. The number of hydrogen-bond donors (Lipinski definition) is 1. The second-order valence-electron chi connectivity index (χ2n) is 7.54. The fraction of sp³-hybridized carbons (Fsp3) is 0.515. The number of aliphatic hydroxyl groups is 1. The van der Waals surface area contributed by atoms with Crippen molar-refractivity contribution >= 4 is 12.1 Å². The van der Waals surface area contributed by atoms with E-state index in [9.17, 15) is 9.90 Å². The molecule has 0 saturated heterocycles. The number of aliphatic hydroxyl groups excluding tert-OH is 1. The fourth-order valence-corrected chi connectivity index (χ4v) is 2.65. The Kier molecular flexibility index (Phi) is 39.3. The number of rotatable bonds is 15. The Morgan fingerprint density at radius 1 is 1.00 bits per heavy atom. The smallest absolute Gasteiger partial charge is 0.245 e. The standard InChI is InChI=1S/C25H38N2O2.C4H8.2C2H6/c1-6-10-15-22(8-3)19-21-27(5)25(29)17-13-11-12-16-23(14-7-2)18-20-26-24(28)9-4;1-3-4-2;2*1-2/h6-7,9,12-14,16-17,20,22,28H,1-2,8,10-11,15,18-19,21H2,3-5H3;3-4H,1-2H3;2*1-2H3/b16-12-,17-13+,23-14+,24-9+,26-20-;4-3+;;. The summed E-state index contributed by atoms with van der Waals surface area (Å²) < 4.78 is 0. The molecule has 0 rings (SSSR count).